The minimum Gasteiger partial charge on any atom is -0.345 e. The van der Waals surface area contributed by atoms with Crippen LogP contribution in [-0.2, 0) is 16.8 Å². The molecule has 1 unspecified atom stereocenters. The highest BCUT2D eigenvalue weighted by molar-refractivity contribution is 6.18. The van der Waals surface area contributed by atoms with E-state index in [1.165, 1.54) is 0 Å². The van der Waals surface area contributed by atoms with Crippen LogP contribution < -0.4 is 5.32 Å². The molecule has 0 fully saturated rings. The first kappa shape index (κ1) is 15.6. The topological polar surface area (TPSA) is 29.1 Å². The first-order chi connectivity index (χ1) is 10.0. The number of hydrogen-bond donors (Lipinski definition) is 1. The van der Waals surface area contributed by atoms with Gasteiger partial charge in [-0.05, 0) is 30.5 Å². The van der Waals surface area contributed by atoms with Crippen LogP contribution in [0.25, 0.3) is 0 Å². The molecule has 1 amide bonds. The quantitative estimate of drug-likeness (QED) is 0.836. The average molecular weight is 302 g/mol. The van der Waals surface area contributed by atoms with Crippen molar-refractivity contribution in [3.05, 3.63) is 71.3 Å². The molecule has 2 nitrogen and oxygen atoms in total. The summed E-state index contributed by atoms with van der Waals surface area (Å²) in [5, 5.41) is 3.06. The number of halogens is 1. The molecular weight excluding hydrogens is 282 g/mol. The molecular formula is C18H20ClNO. The highest BCUT2D eigenvalue weighted by Crippen LogP contribution is 2.22. The minimum atomic E-state index is -0.553. The molecule has 3 heteroatoms. The Morgan fingerprint density at radius 2 is 1.71 bits per heavy atom. The van der Waals surface area contributed by atoms with Gasteiger partial charge in [-0.1, -0.05) is 54.6 Å². The molecule has 2 aromatic carbocycles. The first-order valence-electron chi connectivity index (χ1n) is 7.02. The fourth-order valence-electron chi connectivity index (χ4n) is 2.32. The maximum absolute atomic E-state index is 12.3. The molecule has 1 atom stereocenters. The third kappa shape index (κ3) is 3.85. The van der Waals surface area contributed by atoms with E-state index in [0.717, 1.165) is 16.7 Å². The monoisotopic (exact) mass is 301 g/mol. The van der Waals surface area contributed by atoms with E-state index < -0.39 is 5.54 Å². The van der Waals surface area contributed by atoms with Gasteiger partial charge in [-0.25, -0.2) is 0 Å². The van der Waals surface area contributed by atoms with Gasteiger partial charge in [0.25, 0.3) is 0 Å². The number of amides is 1. The summed E-state index contributed by atoms with van der Waals surface area (Å²) in [6.45, 7) is 3.96. The summed E-state index contributed by atoms with van der Waals surface area (Å²) in [7, 11) is 0. The van der Waals surface area contributed by atoms with Crippen molar-refractivity contribution in [1.29, 1.82) is 0 Å². The van der Waals surface area contributed by atoms with E-state index in [2.05, 4.69) is 5.32 Å². The van der Waals surface area contributed by atoms with Crippen LogP contribution in [0, 0.1) is 6.92 Å². The summed E-state index contributed by atoms with van der Waals surface area (Å²) < 4.78 is 0. The maximum Gasteiger partial charge on any atom is 0.225 e. The lowest BCUT2D eigenvalue weighted by molar-refractivity contribution is -0.122. The number of carbonyl (C=O) groups is 1. The van der Waals surface area contributed by atoms with Gasteiger partial charge in [-0.15, -0.1) is 11.6 Å². The fraction of sp³-hybridized carbons (Fsp3) is 0.278. The zero-order valence-electron chi connectivity index (χ0n) is 12.4. The van der Waals surface area contributed by atoms with Gasteiger partial charge in [-0.3, -0.25) is 4.79 Å². The maximum atomic E-state index is 12.3. The van der Waals surface area contributed by atoms with Crippen LogP contribution in [0.3, 0.4) is 0 Å². The Morgan fingerprint density at radius 1 is 1.10 bits per heavy atom. The van der Waals surface area contributed by atoms with E-state index in [0.29, 0.717) is 12.3 Å². The number of hydrogen-bond acceptors (Lipinski definition) is 1. The summed E-state index contributed by atoms with van der Waals surface area (Å²) in [6.07, 6.45) is 0.367. The van der Waals surface area contributed by atoms with Crippen LogP contribution in [0.15, 0.2) is 54.6 Å². The second-order valence-corrected chi connectivity index (χ2v) is 5.75. The number of benzene rings is 2. The molecule has 0 aliphatic carbocycles. The van der Waals surface area contributed by atoms with Gasteiger partial charge in [0.1, 0.15) is 0 Å². The molecule has 1 N–H and O–H groups in total. The van der Waals surface area contributed by atoms with Crippen LogP contribution in [-0.4, -0.2) is 11.8 Å². The number of nitrogens with one attached hydrogen (secondary N) is 1. The molecule has 0 heterocycles. The van der Waals surface area contributed by atoms with Crippen LogP contribution >= 0.6 is 11.6 Å². The number of alkyl halides is 1. The van der Waals surface area contributed by atoms with Crippen molar-refractivity contribution < 1.29 is 4.79 Å². The molecule has 0 saturated heterocycles. The third-order valence-electron chi connectivity index (χ3n) is 3.71. The van der Waals surface area contributed by atoms with Crippen molar-refractivity contribution >= 4 is 17.5 Å². The largest absolute Gasteiger partial charge is 0.345 e. The van der Waals surface area contributed by atoms with E-state index in [1.54, 1.807) is 0 Å². The van der Waals surface area contributed by atoms with Gasteiger partial charge in [-0.2, -0.15) is 0 Å². The van der Waals surface area contributed by atoms with Gasteiger partial charge in [0, 0.05) is 5.88 Å². The van der Waals surface area contributed by atoms with Crippen molar-refractivity contribution in [3.63, 3.8) is 0 Å². The van der Waals surface area contributed by atoms with Gasteiger partial charge >= 0.3 is 0 Å². The van der Waals surface area contributed by atoms with Gasteiger partial charge < -0.3 is 5.32 Å². The Morgan fingerprint density at radius 3 is 2.33 bits per heavy atom. The van der Waals surface area contributed by atoms with Crippen molar-refractivity contribution in [1.82, 2.24) is 5.32 Å². The third-order valence-corrected chi connectivity index (χ3v) is 4.24. The number of aryl methyl sites for hydroxylation is 1. The highest BCUT2D eigenvalue weighted by atomic mass is 35.5. The highest BCUT2D eigenvalue weighted by Gasteiger charge is 2.27. The summed E-state index contributed by atoms with van der Waals surface area (Å²) >= 11 is 6.11. The Balaban J connectivity index is 2.12. The normalized spacial score (nSPS) is 13.5. The molecule has 0 spiro atoms. The number of rotatable bonds is 5. The lowest BCUT2D eigenvalue weighted by Crippen LogP contribution is -2.45. The second kappa shape index (κ2) is 6.77. The first-order valence-corrected chi connectivity index (χ1v) is 7.55. The Kier molecular flexibility index (Phi) is 5.03. The second-order valence-electron chi connectivity index (χ2n) is 5.48. The molecule has 2 rings (SSSR count). The van der Waals surface area contributed by atoms with E-state index >= 15 is 0 Å². The zero-order chi connectivity index (χ0) is 15.3. The van der Waals surface area contributed by atoms with Crippen molar-refractivity contribution in [2.75, 3.05) is 5.88 Å². The lowest BCUT2D eigenvalue weighted by atomic mass is 9.93. The molecule has 0 aromatic heterocycles. The molecule has 0 bridgehead atoms. The Hall–Kier alpha value is -1.80. The number of carbonyl (C=O) groups excluding carboxylic acids is 1. The van der Waals surface area contributed by atoms with Crippen molar-refractivity contribution in [3.8, 4) is 0 Å². The van der Waals surface area contributed by atoms with Crippen molar-refractivity contribution in [2.24, 2.45) is 0 Å². The van der Waals surface area contributed by atoms with Gasteiger partial charge in [0.15, 0.2) is 0 Å². The average Bonchev–Trinajstić information content (AvgIpc) is 2.50. The molecule has 2 aromatic rings. The molecule has 110 valence electrons. The smallest absolute Gasteiger partial charge is 0.225 e. The lowest BCUT2D eigenvalue weighted by Gasteiger charge is -2.29. The Labute approximate surface area is 131 Å². The molecule has 0 radical (unpaired) electrons. The van der Waals surface area contributed by atoms with E-state index in [4.69, 9.17) is 11.6 Å². The summed E-state index contributed by atoms with van der Waals surface area (Å²) in [4.78, 5) is 12.3. The molecule has 0 aliphatic rings. The van der Waals surface area contributed by atoms with Gasteiger partial charge in [0.05, 0.1) is 12.0 Å². The van der Waals surface area contributed by atoms with E-state index in [9.17, 15) is 4.79 Å². The zero-order valence-corrected chi connectivity index (χ0v) is 13.2. The van der Waals surface area contributed by atoms with Crippen LogP contribution in [0.1, 0.15) is 23.6 Å². The summed E-state index contributed by atoms with van der Waals surface area (Å²) in [5.74, 6) is 0.313. The minimum absolute atomic E-state index is 0.0173. The summed E-state index contributed by atoms with van der Waals surface area (Å²) in [5.41, 5.74) is 2.63. The van der Waals surface area contributed by atoms with Crippen LogP contribution in [0.5, 0.6) is 0 Å². The van der Waals surface area contributed by atoms with E-state index in [-0.39, 0.29) is 5.91 Å². The van der Waals surface area contributed by atoms with E-state index in [1.807, 2.05) is 68.4 Å². The van der Waals surface area contributed by atoms with Crippen molar-refractivity contribution in [2.45, 2.75) is 25.8 Å². The fourth-order valence-corrected chi connectivity index (χ4v) is 2.54. The predicted octanol–water partition coefficient (Wildman–Crippen LogP) is 3.81. The SMILES string of the molecule is Cc1ccccc1CC(=O)NC(C)(CCl)c1ccccc1. The Bertz CT molecular complexity index is 612. The van der Waals surface area contributed by atoms with Crippen LogP contribution in [0.2, 0.25) is 0 Å². The van der Waals surface area contributed by atoms with Gasteiger partial charge in [0.2, 0.25) is 5.91 Å². The summed E-state index contributed by atoms with van der Waals surface area (Å²) in [6, 6.07) is 17.7. The molecule has 0 aliphatic heterocycles. The molecule has 0 saturated carbocycles. The predicted molar refractivity (Wildman–Crippen MR) is 87.5 cm³/mol. The molecule has 21 heavy (non-hydrogen) atoms. The van der Waals surface area contributed by atoms with Crippen LogP contribution in [0.4, 0.5) is 0 Å². The standard InChI is InChI=1S/C18H20ClNO/c1-14-8-6-7-9-15(14)12-17(21)20-18(2,13-19)16-10-4-3-5-11-16/h3-11H,12-13H2,1-2H3,(H,20,21).